The minimum Gasteiger partial charge on any atom is -0.478 e. The van der Waals surface area contributed by atoms with E-state index in [0.717, 1.165) is 19.4 Å². The molecule has 23 heavy (non-hydrogen) atoms. The molecule has 1 amide bonds. The van der Waals surface area contributed by atoms with E-state index < -0.39 is 5.60 Å². The first-order valence-electron chi connectivity index (χ1n) is 8.06. The molecule has 1 aliphatic heterocycles. The van der Waals surface area contributed by atoms with Crippen molar-refractivity contribution in [1.29, 1.82) is 0 Å². The van der Waals surface area contributed by atoms with Crippen LogP contribution < -0.4 is 10.1 Å². The molecule has 1 atom stereocenters. The summed E-state index contributed by atoms with van der Waals surface area (Å²) in [4.78, 5) is 22.2. The van der Waals surface area contributed by atoms with Crippen LogP contribution in [0, 0.1) is 0 Å². The summed E-state index contributed by atoms with van der Waals surface area (Å²) in [6, 6.07) is 1.91. The van der Waals surface area contributed by atoms with Gasteiger partial charge in [-0.3, -0.25) is 0 Å². The highest BCUT2D eigenvalue weighted by atomic mass is 16.6. The average molecular weight is 322 g/mol. The third-order valence-corrected chi connectivity index (χ3v) is 3.36. The molecule has 0 aliphatic carbocycles. The Hall–Kier alpha value is -2.05. The highest BCUT2D eigenvalue weighted by Gasteiger charge is 2.27. The van der Waals surface area contributed by atoms with Crippen LogP contribution in [0.5, 0.6) is 5.88 Å². The fraction of sp³-hybridized carbons (Fsp3) is 0.688. The minimum absolute atomic E-state index is 0.139. The Morgan fingerprint density at radius 2 is 2.22 bits per heavy atom. The molecule has 1 aromatic heterocycles. The second kappa shape index (κ2) is 7.48. The van der Waals surface area contributed by atoms with Crippen LogP contribution >= 0.6 is 0 Å². The largest absolute Gasteiger partial charge is 0.478 e. The van der Waals surface area contributed by atoms with Gasteiger partial charge in [0.1, 0.15) is 17.7 Å². The van der Waals surface area contributed by atoms with Crippen LogP contribution in [-0.4, -0.2) is 52.3 Å². The molecule has 7 nitrogen and oxygen atoms in total. The Morgan fingerprint density at radius 3 is 2.91 bits per heavy atom. The first-order valence-corrected chi connectivity index (χ1v) is 8.06. The molecule has 2 rings (SSSR count). The number of carbonyl (C=O) groups is 1. The smallest absolute Gasteiger partial charge is 0.410 e. The number of hydrogen-bond donors (Lipinski definition) is 1. The molecule has 7 heteroatoms. The van der Waals surface area contributed by atoms with Crippen molar-refractivity contribution < 1.29 is 14.3 Å². The standard InChI is InChI=1S/C16H26N4O3/c1-5-22-14-9-13(17-11-18-14)19-12-7-6-8-20(10-12)15(21)23-16(2,3)4/h9,11-12H,5-8,10H2,1-4H3,(H,17,18,19)/t12-/m0/s1. The lowest BCUT2D eigenvalue weighted by Crippen LogP contribution is -2.47. The van der Waals surface area contributed by atoms with Gasteiger partial charge in [-0.25, -0.2) is 14.8 Å². The lowest BCUT2D eigenvalue weighted by Gasteiger charge is -2.34. The number of nitrogens with zero attached hydrogens (tertiary/aromatic N) is 3. The van der Waals surface area contributed by atoms with Crippen molar-refractivity contribution in [2.45, 2.75) is 52.2 Å². The van der Waals surface area contributed by atoms with Crippen LogP contribution in [0.3, 0.4) is 0 Å². The molecule has 0 saturated carbocycles. The zero-order valence-electron chi connectivity index (χ0n) is 14.3. The maximum atomic E-state index is 12.2. The van der Waals surface area contributed by atoms with E-state index in [1.807, 2.05) is 27.7 Å². The van der Waals surface area contributed by atoms with Gasteiger partial charge in [0.05, 0.1) is 6.61 Å². The van der Waals surface area contributed by atoms with Gasteiger partial charge in [0.15, 0.2) is 0 Å². The van der Waals surface area contributed by atoms with Crippen molar-refractivity contribution in [3.8, 4) is 5.88 Å². The van der Waals surface area contributed by atoms with Gasteiger partial charge in [-0.2, -0.15) is 0 Å². The van der Waals surface area contributed by atoms with E-state index in [-0.39, 0.29) is 12.1 Å². The summed E-state index contributed by atoms with van der Waals surface area (Å²) in [6.07, 6.45) is 3.12. The summed E-state index contributed by atoms with van der Waals surface area (Å²) < 4.78 is 10.8. The summed E-state index contributed by atoms with van der Waals surface area (Å²) in [7, 11) is 0. The third-order valence-electron chi connectivity index (χ3n) is 3.36. The number of likely N-dealkylation sites (tertiary alicyclic amines) is 1. The van der Waals surface area contributed by atoms with Gasteiger partial charge in [-0.05, 0) is 40.5 Å². The summed E-state index contributed by atoms with van der Waals surface area (Å²) in [5.74, 6) is 1.25. The molecule has 0 bridgehead atoms. The van der Waals surface area contributed by atoms with Gasteiger partial charge in [-0.1, -0.05) is 0 Å². The first kappa shape index (κ1) is 17.3. The maximum absolute atomic E-state index is 12.2. The number of amides is 1. The SMILES string of the molecule is CCOc1cc(N[C@H]2CCCN(C(=O)OC(C)(C)C)C2)ncn1. The monoisotopic (exact) mass is 322 g/mol. The number of hydrogen-bond acceptors (Lipinski definition) is 6. The molecule has 0 aromatic carbocycles. The normalized spacial score (nSPS) is 18.4. The fourth-order valence-electron chi connectivity index (χ4n) is 2.44. The van der Waals surface area contributed by atoms with Crippen molar-refractivity contribution in [3.63, 3.8) is 0 Å². The van der Waals surface area contributed by atoms with Gasteiger partial charge >= 0.3 is 6.09 Å². The number of nitrogens with one attached hydrogen (secondary N) is 1. The Kier molecular flexibility index (Phi) is 5.63. The van der Waals surface area contributed by atoms with E-state index in [4.69, 9.17) is 9.47 Å². The van der Waals surface area contributed by atoms with Gasteiger partial charge in [0, 0.05) is 25.2 Å². The molecule has 1 N–H and O–H groups in total. The lowest BCUT2D eigenvalue weighted by atomic mass is 10.1. The van der Waals surface area contributed by atoms with Crippen LogP contribution in [0.25, 0.3) is 0 Å². The lowest BCUT2D eigenvalue weighted by molar-refractivity contribution is 0.0206. The summed E-state index contributed by atoms with van der Waals surface area (Å²) in [6.45, 7) is 9.42. The van der Waals surface area contributed by atoms with Crippen molar-refractivity contribution in [2.24, 2.45) is 0 Å². The van der Waals surface area contributed by atoms with Crippen LogP contribution in [0.4, 0.5) is 10.6 Å². The van der Waals surface area contributed by atoms with E-state index in [1.54, 1.807) is 11.0 Å². The van der Waals surface area contributed by atoms with E-state index >= 15 is 0 Å². The second-order valence-corrected chi connectivity index (χ2v) is 6.58. The molecule has 1 fully saturated rings. The number of ether oxygens (including phenoxy) is 2. The van der Waals surface area contributed by atoms with Crippen LogP contribution in [0.2, 0.25) is 0 Å². The molecular weight excluding hydrogens is 296 g/mol. The van der Waals surface area contributed by atoms with E-state index in [0.29, 0.717) is 24.8 Å². The Bertz CT molecular complexity index is 530. The van der Waals surface area contributed by atoms with Crippen molar-refractivity contribution in [1.82, 2.24) is 14.9 Å². The average Bonchev–Trinajstić information content (AvgIpc) is 2.46. The highest BCUT2D eigenvalue weighted by molar-refractivity contribution is 5.68. The molecular formula is C16H26N4O3. The highest BCUT2D eigenvalue weighted by Crippen LogP contribution is 2.19. The maximum Gasteiger partial charge on any atom is 0.410 e. The Morgan fingerprint density at radius 1 is 1.43 bits per heavy atom. The summed E-state index contributed by atoms with van der Waals surface area (Å²) >= 11 is 0. The molecule has 1 saturated heterocycles. The van der Waals surface area contributed by atoms with Crippen LogP contribution in [0.1, 0.15) is 40.5 Å². The zero-order valence-corrected chi connectivity index (χ0v) is 14.3. The predicted octanol–water partition coefficient (Wildman–Crippen LogP) is 2.69. The van der Waals surface area contributed by atoms with E-state index in [9.17, 15) is 4.79 Å². The first-order chi connectivity index (χ1) is 10.9. The van der Waals surface area contributed by atoms with Gasteiger partial charge < -0.3 is 19.7 Å². The van der Waals surface area contributed by atoms with E-state index in [1.165, 1.54) is 6.33 Å². The van der Waals surface area contributed by atoms with Crippen LogP contribution in [-0.2, 0) is 4.74 Å². The van der Waals surface area contributed by atoms with Gasteiger partial charge in [0.2, 0.25) is 5.88 Å². The Balaban J connectivity index is 1.93. The molecule has 0 radical (unpaired) electrons. The molecule has 128 valence electrons. The van der Waals surface area contributed by atoms with Crippen molar-refractivity contribution in [3.05, 3.63) is 12.4 Å². The summed E-state index contributed by atoms with van der Waals surface area (Å²) in [5.41, 5.74) is -0.476. The van der Waals surface area contributed by atoms with Crippen molar-refractivity contribution in [2.75, 3.05) is 25.0 Å². The number of piperidine rings is 1. The zero-order chi connectivity index (χ0) is 16.9. The number of anilines is 1. The van der Waals surface area contributed by atoms with Gasteiger partial charge in [0.25, 0.3) is 0 Å². The molecule has 0 spiro atoms. The fourth-order valence-corrected chi connectivity index (χ4v) is 2.44. The van der Waals surface area contributed by atoms with Crippen molar-refractivity contribution >= 4 is 11.9 Å². The molecule has 1 aliphatic rings. The Labute approximate surface area is 137 Å². The molecule has 0 unspecified atom stereocenters. The predicted molar refractivity (Wildman–Crippen MR) is 87.7 cm³/mol. The van der Waals surface area contributed by atoms with Gasteiger partial charge in [-0.15, -0.1) is 0 Å². The van der Waals surface area contributed by atoms with E-state index in [2.05, 4.69) is 15.3 Å². The van der Waals surface area contributed by atoms with Crippen LogP contribution in [0.15, 0.2) is 12.4 Å². The number of rotatable bonds is 4. The quantitative estimate of drug-likeness (QED) is 0.918. The number of aromatic nitrogens is 2. The molecule has 2 heterocycles. The summed E-state index contributed by atoms with van der Waals surface area (Å²) in [5, 5.41) is 3.35. The third kappa shape index (κ3) is 5.58. The topological polar surface area (TPSA) is 76.6 Å². The minimum atomic E-state index is -0.476. The molecule has 1 aromatic rings. The number of carbonyl (C=O) groups excluding carboxylic acids is 1. The second-order valence-electron chi connectivity index (χ2n) is 6.58.